The van der Waals surface area contributed by atoms with E-state index in [1.165, 1.54) is 0 Å². The minimum Gasteiger partial charge on any atom is -0.460 e. The number of fused-ring (bicyclic) bond motifs is 5. The number of rotatable bonds is 4. The standard InChI is InChI=1S/C26H34Cl2O6/c1-13(2)33-23(32)26(34-22(31)21(27)28)9-7-17-16-10-14(3)18-11-15(29)6-8-24(18,4)20(16)19(30)12-25(17,26)5/h6,8,11,13-14,16-17,19-21,30H,7,9-10,12H2,1-5H3/t14-,16-,17-,19-,20+,24-,25-,26-/m0/s1. The fraction of sp³-hybridized carbons (Fsp3) is 0.731. The third-order valence-corrected chi connectivity index (χ3v) is 9.42. The number of alkyl halides is 2. The molecule has 8 atom stereocenters. The van der Waals surface area contributed by atoms with E-state index >= 15 is 0 Å². The summed E-state index contributed by atoms with van der Waals surface area (Å²) in [4.78, 5) is 36.8. The van der Waals surface area contributed by atoms with Crippen LogP contribution in [-0.2, 0) is 23.9 Å². The molecular formula is C26H34Cl2O6. The van der Waals surface area contributed by atoms with Crippen molar-refractivity contribution in [1.82, 2.24) is 0 Å². The molecule has 6 nitrogen and oxygen atoms in total. The first-order valence-corrected chi connectivity index (χ1v) is 13.0. The van der Waals surface area contributed by atoms with Gasteiger partial charge in [0.05, 0.1) is 12.2 Å². The number of aliphatic hydroxyl groups excluding tert-OH is 1. The lowest BCUT2D eigenvalue weighted by Gasteiger charge is -2.60. The zero-order valence-electron chi connectivity index (χ0n) is 20.3. The Hall–Kier alpha value is -1.37. The van der Waals surface area contributed by atoms with Gasteiger partial charge in [-0.3, -0.25) is 4.79 Å². The molecule has 3 fully saturated rings. The summed E-state index contributed by atoms with van der Waals surface area (Å²) in [6, 6.07) is 0. The topological polar surface area (TPSA) is 89.9 Å². The van der Waals surface area contributed by atoms with E-state index in [0.29, 0.717) is 6.42 Å². The number of allylic oxidation sites excluding steroid dienone is 4. The van der Waals surface area contributed by atoms with Crippen molar-refractivity contribution in [3.8, 4) is 0 Å². The minimum absolute atomic E-state index is 0.00404. The van der Waals surface area contributed by atoms with E-state index in [1.54, 1.807) is 26.0 Å². The van der Waals surface area contributed by atoms with E-state index in [0.717, 1.165) is 12.0 Å². The van der Waals surface area contributed by atoms with Crippen LogP contribution in [0.2, 0.25) is 0 Å². The van der Waals surface area contributed by atoms with Gasteiger partial charge in [-0.1, -0.05) is 55.6 Å². The van der Waals surface area contributed by atoms with Crippen LogP contribution in [0.3, 0.4) is 0 Å². The lowest BCUT2D eigenvalue weighted by atomic mass is 9.45. The summed E-state index contributed by atoms with van der Waals surface area (Å²) in [5, 5.41) is 11.6. The van der Waals surface area contributed by atoms with E-state index < -0.39 is 45.4 Å². The highest BCUT2D eigenvalue weighted by molar-refractivity contribution is 6.53. The van der Waals surface area contributed by atoms with Gasteiger partial charge in [-0.05, 0) is 69.4 Å². The van der Waals surface area contributed by atoms with Crippen LogP contribution in [0.4, 0.5) is 0 Å². The van der Waals surface area contributed by atoms with Crippen LogP contribution in [0.25, 0.3) is 0 Å². The van der Waals surface area contributed by atoms with Crippen molar-refractivity contribution in [3.05, 3.63) is 23.8 Å². The fourth-order valence-electron chi connectivity index (χ4n) is 7.81. The van der Waals surface area contributed by atoms with Crippen molar-refractivity contribution in [2.75, 3.05) is 0 Å². The second kappa shape index (κ2) is 8.63. The normalized spacial score (nSPS) is 43.2. The maximum absolute atomic E-state index is 13.5. The zero-order valence-corrected chi connectivity index (χ0v) is 21.9. The van der Waals surface area contributed by atoms with Crippen LogP contribution in [0.15, 0.2) is 23.8 Å². The van der Waals surface area contributed by atoms with Gasteiger partial charge in [-0.25, -0.2) is 9.59 Å². The molecule has 0 saturated heterocycles. The molecule has 0 bridgehead atoms. The van der Waals surface area contributed by atoms with Gasteiger partial charge in [0, 0.05) is 16.7 Å². The first kappa shape index (κ1) is 25.7. The number of ketones is 1. The van der Waals surface area contributed by atoms with Gasteiger partial charge in [0.2, 0.25) is 10.4 Å². The van der Waals surface area contributed by atoms with Crippen LogP contribution < -0.4 is 0 Å². The maximum Gasteiger partial charge on any atom is 0.351 e. The zero-order chi connectivity index (χ0) is 25.2. The fourth-order valence-corrected chi connectivity index (χ4v) is 7.90. The van der Waals surface area contributed by atoms with Crippen molar-refractivity contribution in [1.29, 1.82) is 0 Å². The molecule has 0 heterocycles. The molecule has 0 spiro atoms. The quantitative estimate of drug-likeness (QED) is 0.438. The van der Waals surface area contributed by atoms with Crippen molar-refractivity contribution >= 4 is 40.9 Å². The van der Waals surface area contributed by atoms with Gasteiger partial charge in [0.1, 0.15) is 0 Å². The van der Waals surface area contributed by atoms with Gasteiger partial charge < -0.3 is 14.6 Å². The lowest BCUT2D eigenvalue weighted by molar-refractivity contribution is -0.215. The van der Waals surface area contributed by atoms with E-state index in [4.69, 9.17) is 32.7 Å². The molecule has 0 radical (unpaired) electrons. The van der Waals surface area contributed by atoms with Crippen molar-refractivity contribution in [2.45, 2.75) is 82.9 Å². The molecule has 188 valence electrons. The number of ether oxygens (including phenoxy) is 2. The highest BCUT2D eigenvalue weighted by Crippen LogP contribution is 2.68. The monoisotopic (exact) mass is 512 g/mol. The molecule has 0 amide bonds. The Balaban J connectivity index is 1.78. The maximum atomic E-state index is 13.5. The molecule has 34 heavy (non-hydrogen) atoms. The molecule has 4 aliphatic carbocycles. The Kier molecular flexibility index (Phi) is 6.53. The number of esters is 2. The van der Waals surface area contributed by atoms with Gasteiger partial charge >= 0.3 is 11.9 Å². The van der Waals surface area contributed by atoms with Crippen LogP contribution in [0.1, 0.15) is 60.3 Å². The molecule has 1 N–H and O–H groups in total. The average Bonchev–Trinajstić information content (AvgIpc) is 3.01. The number of carbonyl (C=O) groups is 3. The molecule has 4 rings (SSSR count). The Bertz CT molecular complexity index is 957. The number of carbonyl (C=O) groups excluding carboxylic acids is 3. The van der Waals surface area contributed by atoms with Crippen LogP contribution in [0.5, 0.6) is 0 Å². The molecule has 4 aliphatic rings. The van der Waals surface area contributed by atoms with Crippen molar-refractivity contribution < 1.29 is 29.0 Å². The first-order valence-electron chi connectivity index (χ1n) is 12.1. The second-order valence-electron chi connectivity index (χ2n) is 11.3. The Morgan fingerprint density at radius 3 is 2.53 bits per heavy atom. The van der Waals surface area contributed by atoms with E-state index in [2.05, 4.69) is 13.8 Å². The van der Waals surface area contributed by atoms with Gasteiger partial charge in [0.15, 0.2) is 5.78 Å². The molecule has 3 saturated carbocycles. The molecule has 0 aromatic rings. The number of hydrogen-bond donors (Lipinski definition) is 1. The van der Waals surface area contributed by atoms with Crippen LogP contribution >= 0.6 is 23.2 Å². The van der Waals surface area contributed by atoms with Gasteiger partial charge in [-0.2, -0.15) is 0 Å². The Labute approximate surface area is 211 Å². The van der Waals surface area contributed by atoms with E-state index in [9.17, 15) is 19.5 Å². The molecule has 8 heteroatoms. The molecule has 0 aromatic heterocycles. The van der Waals surface area contributed by atoms with Crippen LogP contribution in [0, 0.1) is 34.5 Å². The highest BCUT2D eigenvalue weighted by atomic mass is 35.5. The average molecular weight is 513 g/mol. The summed E-state index contributed by atoms with van der Waals surface area (Å²) in [6.07, 6.45) is 6.07. The van der Waals surface area contributed by atoms with Crippen molar-refractivity contribution in [3.63, 3.8) is 0 Å². The summed E-state index contributed by atoms with van der Waals surface area (Å²) in [6.45, 7) is 9.63. The predicted octanol–water partition coefficient (Wildman–Crippen LogP) is 4.55. The summed E-state index contributed by atoms with van der Waals surface area (Å²) in [7, 11) is 0. The highest BCUT2D eigenvalue weighted by Gasteiger charge is 2.72. The largest absolute Gasteiger partial charge is 0.460 e. The number of hydrogen-bond acceptors (Lipinski definition) is 6. The summed E-state index contributed by atoms with van der Waals surface area (Å²) in [5.74, 6) is -1.41. The first-order chi connectivity index (χ1) is 15.8. The number of halogens is 2. The van der Waals surface area contributed by atoms with Gasteiger partial charge in [0.25, 0.3) is 0 Å². The third-order valence-electron chi connectivity index (χ3n) is 9.06. The Morgan fingerprint density at radius 2 is 1.91 bits per heavy atom. The Morgan fingerprint density at radius 1 is 1.24 bits per heavy atom. The number of aliphatic hydroxyl groups is 1. The van der Waals surface area contributed by atoms with E-state index in [1.807, 2.05) is 13.0 Å². The minimum atomic E-state index is -1.58. The SMILES string of the molecule is CC(C)OC(=O)[C@@]1(OC(=O)C(Cl)Cl)CC[C@H]2[C@@H]3C[C@H](C)C4=CC(=O)C=C[C@]4(C)[C@H]3[C@@H](O)C[C@@]21C. The molecule has 0 aromatic carbocycles. The molecular weight excluding hydrogens is 479 g/mol. The lowest BCUT2D eigenvalue weighted by Crippen LogP contribution is -2.63. The van der Waals surface area contributed by atoms with Crippen LogP contribution in [-0.4, -0.2) is 45.5 Å². The van der Waals surface area contributed by atoms with Crippen molar-refractivity contribution in [2.24, 2.45) is 34.5 Å². The summed E-state index contributed by atoms with van der Waals surface area (Å²) >= 11 is 11.6. The third kappa shape index (κ3) is 3.67. The summed E-state index contributed by atoms with van der Waals surface area (Å²) in [5.41, 5.74) is -1.82. The second-order valence-corrected chi connectivity index (χ2v) is 12.4. The van der Waals surface area contributed by atoms with Gasteiger partial charge in [-0.15, -0.1) is 0 Å². The molecule has 0 aliphatic heterocycles. The predicted molar refractivity (Wildman–Crippen MR) is 128 cm³/mol. The summed E-state index contributed by atoms with van der Waals surface area (Å²) < 4.78 is 11.4. The smallest absolute Gasteiger partial charge is 0.351 e. The van der Waals surface area contributed by atoms with E-state index in [-0.39, 0.29) is 42.3 Å². The molecule has 0 unspecified atom stereocenters.